The van der Waals surface area contributed by atoms with Crippen molar-refractivity contribution >= 4 is 0 Å². The summed E-state index contributed by atoms with van der Waals surface area (Å²) in [6.07, 6.45) is 13.7. The van der Waals surface area contributed by atoms with Crippen molar-refractivity contribution in [1.29, 1.82) is 0 Å². The fourth-order valence-electron chi connectivity index (χ4n) is 7.11. The summed E-state index contributed by atoms with van der Waals surface area (Å²) in [5, 5.41) is 11.9. The molecule has 1 heteroatoms. The number of rotatable bonds is 0. The first-order valence-corrected chi connectivity index (χ1v) is 9.31. The first kappa shape index (κ1) is 14.3. The maximum atomic E-state index is 11.9. The molecule has 0 aromatic heterocycles. The monoisotopic (exact) mass is 288 g/mol. The molecule has 3 saturated carbocycles. The number of fused-ring (bicyclic) bond motifs is 5. The third-order valence-corrected chi connectivity index (χ3v) is 8.20. The van der Waals surface area contributed by atoms with E-state index in [4.69, 9.17) is 0 Å². The first-order chi connectivity index (χ1) is 9.89. The Morgan fingerprint density at radius 1 is 1.14 bits per heavy atom. The molecule has 3 fully saturated rings. The van der Waals surface area contributed by atoms with Crippen LogP contribution in [0.2, 0.25) is 0 Å². The molecule has 0 bridgehead atoms. The van der Waals surface area contributed by atoms with Gasteiger partial charge in [-0.1, -0.05) is 32.4 Å². The summed E-state index contributed by atoms with van der Waals surface area (Å²) in [6, 6.07) is 0. The summed E-state index contributed by atoms with van der Waals surface area (Å²) in [5.41, 5.74) is 1.79. The van der Waals surface area contributed by atoms with Crippen molar-refractivity contribution < 1.29 is 5.11 Å². The summed E-state index contributed by atoms with van der Waals surface area (Å²) in [5.74, 6) is 2.19. The minimum absolute atomic E-state index is 0.0846. The fraction of sp³-hybridized carbons (Fsp3) is 0.900. The number of hydrogen-bond donors (Lipinski definition) is 1. The van der Waals surface area contributed by atoms with E-state index >= 15 is 0 Å². The van der Waals surface area contributed by atoms with Crippen LogP contribution in [-0.4, -0.2) is 10.7 Å². The molecular weight excluding hydrogens is 256 g/mol. The van der Waals surface area contributed by atoms with Crippen LogP contribution in [0.4, 0.5) is 0 Å². The SMILES string of the molecule is C[C@H]1C[C@H]2[C@@H]3CCC4=CCCC[C@]4(C)[C@@]3(O)CC[C@]2(C)C1. The first-order valence-electron chi connectivity index (χ1n) is 9.31. The van der Waals surface area contributed by atoms with Gasteiger partial charge in [0.2, 0.25) is 0 Å². The Balaban J connectivity index is 1.75. The van der Waals surface area contributed by atoms with Gasteiger partial charge in [0.15, 0.2) is 0 Å². The van der Waals surface area contributed by atoms with Gasteiger partial charge in [0.05, 0.1) is 5.60 Å². The zero-order valence-electron chi connectivity index (χ0n) is 14.1. The minimum Gasteiger partial charge on any atom is -0.389 e. The molecule has 0 radical (unpaired) electrons. The summed E-state index contributed by atoms with van der Waals surface area (Å²) in [6.45, 7) is 7.35. The predicted molar refractivity (Wildman–Crippen MR) is 86.9 cm³/mol. The van der Waals surface area contributed by atoms with Crippen LogP contribution >= 0.6 is 0 Å². The molecule has 21 heavy (non-hydrogen) atoms. The fourth-order valence-corrected chi connectivity index (χ4v) is 7.11. The largest absolute Gasteiger partial charge is 0.389 e. The lowest BCUT2D eigenvalue weighted by atomic mass is 9.45. The average Bonchev–Trinajstić information content (AvgIpc) is 2.74. The second kappa shape index (κ2) is 4.37. The van der Waals surface area contributed by atoms with Gasteiger partial charge >= 0.3 is 0 Å². The van der Waals surface area contributed by atoms with Crippen LogP contribution < -0.4 is 0 Å². The molecule has 0 saturated heterocycles. The van der Waals surface area contributed by atoms with E-state index in [9.17, 15) is 5.11 Å². The molecule has 0 spiro atoms. The quantitative estimate of drug-likeness (QED) is 0.616. The van der Waals surface area contributed by atoms with Gasteiger partial charge in [0, 0.05) is 5.41 Å². The molecular formula is C20H32O. The second-order valence-corrected chi connectivity index (χ2v) is 9.33. The van der Waals surface area contributed by atoms with Gasteiger partial charge in [-0.05, 0) is 81.0 Å². The van der Waals surface area contributed by atoms with Crippen LogP contribution in [0.1, 0.15) is 78.6 Å². The third-order valence-electron chi connectivity index (χ3n) is 8.20. The van der Waals surface area contributed by atoms with E-state index in [-0.39, 0.29) is 5.41 Å². The van der Waals surface area contributed by atoms with E-state index in [0.717, 1.165) is 18.3 Å². The molecule has 0 heterocycles. The predicted octanol–water partition coefficient (Wildman–Crippen LogP) is 5.09. The van der Waals surface area contributed by atoms with Crippen molar-refractivity contribution in [3.63, 3.8) is 0 Å². The number of allylic oxidation sites excluding steroid dienone is 1. The maximum absolute atomic E-state index is 11.9. The molecule has 0 amide bonds. The highest BCUT2D eigenvalue weighted by molar-refractivity contribution is 5.29. The molecule has 0 unspecified atom stereocenters. The minimum atomic E-state index is -0.411. The zero-order valence-corrected chi connectivity index (χ0v) is 14.1. The molecule has 4 rings (SSSR count). The van der Waals surface area contributed by atoms with Crippen LogP contribution in [0.5, 0.6) is 0 Å². The molecule has 1 N–H and O–H groups in total. The topological polar surface area (TPSA) is 20.2 Å². The molecule has 4 aliphatic carbocycles. The molecule has 0 aliphatic heterocycles. The smallest absolute Gasteiger partial charge is 0.0769 e. The van der Waals surface area contributed by atoms with Crippen LogP contribution in [0.25, 0.3) is 0 Å². The summed E-state index contributed by atoms with van der Waals surface area (Å²) in [7, 11) is 0. The normalized spacial score (nSPS) is 56.2. The van der Waals surface area contributed by atoms with E-state index in [0.29, 0.717) is 11.3 Å². The maximum Gasteiger partial charge on any atom is 0.0769 e. The van der Waals surface area contributed by atoms with Crippen molar-refractivity contribution in [2.45, 2.75) is 84.2 Å². The Morgan fingerprint density at radius 3 is 2.76 bits per heavy atom. The standard InChI is InChI=1S/C20H32O/c1-14-12-17-16-8-7-15-6-4-5-9-19(15,3)20(16,21)11-10-18(17,2)13-14/h6,14,16-17,21H,4-5,7-13H2,1-3H3/t14-,16-,17-,18+,19-,20+/m0/s1. The van der Waals surface area contributed by atoms with E-state index in [1.807, 2.05) is 0 Å². The van der Waals surface area contributed by atoms with Crippen LogP contribution in [-0.2, 0) is 0 Å². The van der Waals surface area contributed by atoms with Gasteiger partial charge in [-0.15, -0.1) is 0 Å². The summed E-state index contributed by atoms with van der Waals surface area (Å²) in [4.78, 5) is 0. The van der Waals surface area contributed by atoms with Crippen LogP contribution in [0.3, 0.4) is 0 Å². The Bertz CT molecular complexity index is 480. The second-order valence-electron chi connectivity index (χ2n) is 9.33. The lowest BCUT2D eigenvalue weighted by Crippen LogP contribution is -2.62. The highest BCUT2D eigenvalue weighted by Crippen LogP contribution is 2.67. The van der Waals surface area contributed by atoms with Gasteiger partial charge in [-0.2, -0.15) is 0 Å². The summed E-state index contributed by atoms with van der Waals surface area (Å²) >= 11 is 0. The van der Waals surface area contributed by atoms with Crippen LogP contribution in [0.15, 0.2) is 11.6 Å². The molecule has 118 valence electrons. The average molecular weight is 288 g/mol. The van der Waals surface area contributed by atoms with E-state index in [2.05, 4.69) is 26.8 Å². The van der Waals surface area contributed by atoms with Gasteiger partial charge in [0.1, 0.15) is 0 Å². The molecule has 0 aromatic rings. The van der Waals surface area contributed by atoms with Gasteiger partial charge in [-0.3, -0.25) is 0 Å². The van der Waals surface area contributed by atoms with Gasteiger partial charge in [0.25, 0.3) is 0 Å². The third kappa shape index (κ3) is 1.73. The van der Waals surface area contributed by atoms with Gasteiger partial charge < -0.3 is 5.11 Å². The molecule has 6 atom stereocenters. The number of aliphatic hydroxyl groups is 1. The Labute approximate surface area is 130 Å². The number of hydrogen-bond acceptors (Lipinski definition) is 1. The Hall–Kier alpha value is -0.300. The van der Waals surface area contributed by atoms with E-state index < -0.39 is 5.60 Å². The summed E-state index contributed by atoms with van der Waals surface area (Å²) < 4.78 is 0. The Morgan fingerprint density at radius 2 is 1.95 bits per heavy atom. The molecule has 4 aliphatic rings. The van der Waals surface area contributed by atoms with Crippen molar-refractivity contribution in [2.75, 3.05) is 0 Å². The zero-order chi connectivity index (χ0) is 14.9. The molecule has 0 aromatic carbocycles. The van der Waals surface area contributed by atoms with Crippen molar-refractivity contribution in [3.8, 4) is 0 Å². The van der Waals surface area contributed by atoms with Crippen molar-refractivity contribution in [1.82, 2.24) is 0 Å². The lowest BCUT2D eigenvalue weighted by molar-refractivity contribution is -0.187. The van der Waals surface area contributed by atoms with Crippen molar-refractivity contribution in [2.24, 2.45) is 28.6 Å². The van der Waals surface area contributed by atoms with E-state index in [1.165, 1.54) is 51.4 Å². The lowest BCUT2D eigenvalue weighted by Gasteiger charge is -2.62. The van der Waals surface area contributed by atoms with Gasteiger partial charge in [-0.25, -0.2) is 0 Å². The van der Waals surface area contributed by atoms with Crippen molar-refractivity contribution in [3.05, 3.63) is 11.6 Å². The highest BCUT2D eigenvalue weighted by Gasteiger charge is 2.64. The highest BCUT2D eigenvalue weighted by atomic mass is 16.3. The van der Waals surface area contributed by atoms with E-state index in [1.54, 1.807) is 5.57 Å². The molecule has 1 nitrogen and oxygen atoms in total. The van der Waals surface area contributed by atoms with Crippen LogP contribution in [0, 0.1) is 28.6 Å². The Kier molecular flexibility index (Phi) is 2.98.